The van der Waals surface area contributed by atoms with E-state index in [4.69, 9.17) is 9.47 Å². The SMILES string of the molecule is CCCOC1CC(NCC)C1OCC. The minimum Gasteiger partial charge on any atom is -0.375 e. The van der Waals surface area contributed by atoms with Crippen LogP contribution in [0.4, 0.5) is 0 Å². The molecule has 1 aliphatic carbocycles. The van der Waals surface area contributed by atoms with E-state index in [0.29, 0.717) is 12.1 Å². The van der Waals surface area contributed by atoms with Crippen LogP contribution in [0.2, 0.25) is 0 Å². The van der Waals surface area contributed by atoms with E-state index in [1.54, 1.807) is 0 Å². The lowest BCUT2D eigenvalue weighted by Crippen LogP contribution is -2.60. The first kappa shape index (κ1) is 12.0. The Hall–Kier alpha value is -0.120. The molecule has 3 heteroatoms. The van der Waals surface area contributed by atoms with Gasteiger partial charge in [-0.1, -0.05) is 13.8 Å². The molecule has 0 heterocycles. The summed E-state index contributed by atoms with van der Waals surface area (Å²) in [6.07, 6.45) is 2.77. The topological polar surface area (TPSA) is 30.5 Å². The van der Waals surface area contributed by atoms with Gasteiger partial charge in [-0.15, -0.1) is 0 Å². The van der Waals surface area contributed by atoms with Gasteiger partial charge in [-0.2, -0.15) is 0 Å². The van der Waals surface area contributed by atoms with Crippen LogP contribution in [0.1, 0.15) is 33.6 Å². The molecule has 0 spiro atoms. The molecule has 3 atom stereocenters. The van der Waals surface area contributed by atoms with E-state index in [9.17, 15) is 0 Å². The van der Waals surface area contributed by atoms with Crippen molar-refractivity contribution < 1.29 is 9.47 Å². The first-order valence-corrected chi connectivity index (χ1v) is 5.80. The Morgan fingerprint density at radius 1 is 1.21 bits per heavy atom. The summed E-state index contributed by atoms with van der Waals surface area (Å²) in [4.78, 5) is 0. The van der Waals surface area contributed by atoms with Crippen molar-refractivity contribution in [1.82, 2.24) is 5.32 Å². The highest BCUT2D eigenvalue weighted by Crippen LogP contribution is 2.27. The molecule has 0 saturated heterocycles. The Morgan fingerprint density at radius 2 is 2.00 bits per heavy atom. The molecular formula is C11H23NO2. The average Bonchev–Trinajstić information content (AvgIpc) is 2.19. The maximum absolute atomic E-state index is 5.70. The predicted octanol–water partition coefficient (Wildman–Crippen LogP) is 1.57. The van der Waals surface area contributed by atoms with Gasteiger partial charge in [-0.3, -0.25) is 0 Å². The van der Waals surface area contributed by atoms with E-state index < -0.39 is 0 Å². The van der Waals surface area contributed by atoms with Gasteiger partial charge in [0.15, 0.2) is 0 Å². The van der Waals surface area contributed by atoms with Crippen LogP contribution in [0.25, 0.3) is 0 Å². The Balaban J connectivity index is 2.25. The number of rotatable bonds is 7. The van der Waals surface area contributed by atoms with Crippen molar-refractivity contribution in [3.63, 3.8) is 0 Å². The Bertz CT molecular complexity index is 152. The molecule has 0 radical (unpaired) electrons. The molecule has 0 aliphatic heterocycles. The second-order valence-electron chi connectivity index (χ2n) is 3.73. The lowest BCUT2D eigenvalue weighted by Gasteiger charge is -2.44. The van der Waals surface area contributed by atoms with Crippen molar-refractivity contribution in [2.24, 2.45) is 0 Å². The molecule has 1 aliphatic rings. The second-order valence-corrected chi connectivity index (χ2v) is 3.73. The molecule has 3 unspecified atom stereocenters. The van der Waals surface area contributed by atoms with Crippen LogP contribution in [-0.4, -0.2) is 38.0 Å². The van der Waals surface area contributed by atoms with Gasteiger partial charge in [0.05, 0.1) is 12.2 Å². The van der Waals surface area contributed by atoms with Crippen molar-refractivity contribution in [1.29, 1.82) is 0 Å². The monoisotopic (exact) mass is 201 g/mol. The summed E-state index contributed by atoms with van der Waals surface area (Å²) in [5, 5.41) is 3.42. The summed E-state index contributed by atoms with van der Waals surface area (Å²) >= 11 is 0. The molecule has 3 nitrogen and oxygen atoms in total. The molecule has 1 rings (SSSR count). The van der Waals surface area contributed by atoms with Crippen LogP contribution in [0, 0.1) is 0 Å². The van der Waals surface area contributed by atoms with Gasteiger partial charge in [-0.25, -0.2) is 0 Å². The molecule has 14 heavy (non-hydrogen) atoms. The molecule has 0 amide bonds. The fraction of sp³-hybridized carbons (Fsp3) is 1.00. The molecule has 0 aromatic carbocycles. The highest BCUT2D eigenvalue weighted by molar-refractivity contribution is 4.97. The van der Waals surface area contributed by atoms with E-state index in [1.165, 1.54) is 0 Å². The second kappa shape index (κ2) is 6.38. The highest BCUT2D eigenvalue weighted by atomic mass is 16.5. The lowest BCUT2D eigenvalue weighted by atomic mass is 9.85. The van der Waals surface area contributed by atoms with Crippen molar-refractivity contribution >= 4 is 0 Å². The van der Waals surface area contributed by atoms with Crippen LogP contribution in [-0.2, 0) is 9.47 Å². The normalized spacial score (nSPS) is 31.5. The van der Waals surface area contributed by atoms with Crippen LogP contribution in [0.5, 0.6) is 0 Å². The van der Waals surface area contributed by atoms with Crippen molar-refractivity contribution in [2.75, 3.05) is 19.8 Å². The zero-order valence-electron chi connectivity index (χ0n) is 9.58. The average molecular weight is 201 g/mol. The predicted molar refractivity (Wildman–Crippen MR) is 57.5 cm³/mol. The summed E-state index contributed by atoms with van der Waals surface area (Å²) in [6, 6.07) is 0.502. The largest absolute Gasteiger partial charge is 0.375 e. The fourth-order valence-corrected chi connectivity index (χ4v) is 1.89. The standard InChI is InChI=1S/C11H23NO2/c1-4-7-14-10-8-9(12-5-2)11(10)13-6-3/h9-12H,4-8H2,1-3H3. The van der Waals surface area contributed by atoms with E-state index in [-0.39, 0.29) is 6.10 Å². The molecule has 0 aromatic rings. The summed E-state index contributed by atoms with van der Waals surface area (Å²) in [5.74, 6) is 0. The van der Waals surface area contributed by atoms with Gasteiger partial charge in [0.25, 0.3) is 0 Å². The minimum atomic E-state index is 0.270. The number of likely N-dealkylation sites (N-methyl/N-ethyl adjacent to an activating group) is 1. The highest BCUT2D eigenvalue weighted by Gasteiger charge is 2.41. The van der Waals surface area contributed by atoms with Crippen LogP contribution in [0.15, 0.2) is 0 Å². The zero-order valence-corrected chi connectivity index (χ0v) is 9.58. The lowest BCUT2D eigenvalue weighted by molar-refractivity contribution is -0.144. The molecule has 1 saturated carbocycles. The van der Waals surface area contributed by atoms with E-state index >= 15 is 0 Å². The third-order valence-electron chi connectivity index (χ3n) is 2.61. The van der Waals surface area contributed by atoms with Crippen LogP contribution < -0.4 is 5.32 Å². The maximum Gasteiger partial charge on any atom is 0.0990 e. The first-order chi connectivity index (χ1) is 6.83. The Morgan fingerprint density at radius 3 is 2.57 bits per heavy atom. The fourth-order valence-electron chi connectivity index (χ4n) is 1.89. The third kappa shape index (κ3) is 2.94. The third-order valence-corrected chi connectivity index (χ3v) is 2.61. The molecule has 0 bridgehead atoms. The Labute approximate surface area is 87.2 Å². The summed E-state index contributed by atoms with van der Waals surface area (Å²) in [7, 11) is 0. The van der Waals surface area contributed by atoms with E-state index in [2.05, 4.69) is 19.2 Å². The van der Waals surface area contributed by atoms with Crippen LogP contribution in [0.3, 0.4) is 0 Å². The summed E-state index contributed by atoms with van der Waals surface area (Å²) in [5.41, 5.74) is 0. The van der Waals surface area contributed by atoms with Crippen LogP contribution >= 0.6 is 0 Å². The van der Waals surface area contributed by atoms with Gasteiger partial charge in [0.1, 0.15) is 0 Å². The summed E-state index contributed by atoms with van der Waals surface area (Å²) in [6.45, 7) is 8.94. The van der Waals surface area contributed by atoms with Crippen molar-refractivity contribution in [3.8, 4) is 0 Å². The molecule has 1 fully saturated rings. The molecule has 84 valence electrons. The van der Waals surface area contributed by atoms with Gasteiger partial charge in [-0.05, 0) is 26.3 Å². The van der Waals surface area contributed by atoms with Crippen molar-refractivity contribution in [3.05, 3.63) is 0 Å². The Kier molecular flexibility index (Phi) is 5.45. The van der Waals surface area contributed by atoms with Gasteiger partial charge >= 0.3 is 0 Å². The number of ether oxygens (including phenoxy) is 2. The molecule has 1 N–H and O–H groups in total. The zero-order chi connectivity index (χ0) is 10.4. The number of nitrogens with one attached hydrogen (secondary N) is 1. The minimum absolute atomic E-state index is 0.270. The maximum atomic E-state index is 5.70. The number of hydrogen-bond donors (Lipinski definition) is 1. The van der Waals surface area contributed by atoms with E-state index in [0.717, 1.165) is 32.6 Å². The van der Waals surface area contributed by atoms with Gasteiger partial charge < -0.3 is 14.8 Å². The smallest absolute Gasteiger partial charge is 0.0990 e. The first-order valence-electron chi connectivity index (χ1n) is 5.80. The summed E-state index contributed by atoms with van der Waals surface area (Å²) < 4.78 is 11.4. The molecule has 0 aromatic heterocycles. The van der Waals surface area contributed by atoms with Crippen molar-refractivity contribution in [2.45, 2.75) is 51.9 Å². The van der Waals surface area contributed by atoms with Gasteiger partial charge in [0, 0.05) is 19.3 Å². The quantitative estimate of drug-likeness (QED) is 0.678. The number of hydrogen-bond acceptors (Lipinski definition) is 3. The van der Waals surface area contributed by atoms with Gasteiger partial charge in [0.2, 0.25) is 0 Å². The molecular weight excluding hydrogens is 178 g/mol. The van der Waals surface area contributed by atoms with E-state index in [1.807, 2.05) is 6.92 Å².